The van der Waals surface area contributed by atoms with E-state index in [1.807, 2.05) is 11.8 Å². The van der Waals surface area contributed by atoms with Gasteiger partial charge in [-0.2, -0.15) is 4.31 Å². The van der Waals surface area contributed by atoms with Crippen molar-refractivity contribution in [3.63, 3.8) is 0 Å². The summed E-state index contributed by atoms with van der Waals surface area (Å²) in [5.74, 6) is 1.94. The van der Waals surface area contributed by atoms with Crippen molar-refractivity contribution < 1.29 is 13.2 Å². The summed E-state index contributed by atoms with van der Waals surface area (Å²) in [4.78, 5) is 23.8. The van der Waals surface area contributed by atoms with E-state index in [0.29, 0.717) is 37.4 Å². The Bertz CT molecular complexity index is 1120. The Morgan fingerprint density at radius 3 is 2.47 bits per heavy atom. The Kier molecular flexibility index (Phi) is 6.89. The van der Waals surface area contributed by atoms with Gasteiger partial charge in [-0.3, -0.25) is 4.90 Å². The van der Waals surface area contributed by atoms with Crippen LogP contribution in [0.1, 0.15) is 12.6 Å². The number of sulfonamides is 1. The number of thioether (sulfide) groups is 1. The molecule has 184 valence electrons. The van der Waals surface area contributed by atoms with Crippen LogP contribution in [0.25, 0.3) is 11.4 Å². The molecule has 0 bridgehead atoms. The van der Waals surface area contributed by atoms with Gasteiger partial charge < -0.3 is 15.4 Å². The lowest BCUT2D eigenvalue weighted by Crippen LogP contribution is -2.50. The summed E-state index contributed by atoms with van der Waals surface area (Å²) >= 11 is 1.84. The van der Waals surface area contributed by atoms with Crippen molar-refractivity contribution in [1.29, 1.82) is 0 Å². The lowest BCUT2D eigenvalue weighted by Gasteiger charge is -2.34. The highest BCUT2D eigenvalue weighted by Gasteiger charge is 2.33. The summed E-state index contributed by atoms with van der Waals surface area (Å²) in [5, 5.41) is 0.344. The second kappa shape index (κ2) is 9.90. The molecule has 5 rings (SSSR count). The molecule has 0 amide bonds. The monoisotopic (exact) mass is 506 g/mol. The number of fused-ring (bicyclic) bond motifs is 1. The quantitative estimate of drug-likeness (QED) is 0.582. The number of nitrogen functional groups attached to an aromatic ring is 1. The molecule has 11 nitrogen and oxygen atoms in total. The fraction of sp³-hybridized carbons (Fsp3) is 0.619. The van der Waals surface area contributed by atoms with Crippen molar-refractivity contribution in [2.45, 2.75) is 23.5 Å². The van der Waals surface area contributed by atoms with Crippen LogP contribution in [0.15, 0.2) is 17.3 Å². The molecular weight excluding hydrogens is 476 g/mol. The summed E-state index contributed by atoms with van der Waals surface area (Å²) in [6.07, 6.45) is 4.17. The maximum absolute atomic E-state index is 12.2. The minimum atomic E-state index is -3.12. The second-order valence-corrected chi connectivity index (χ2v) is 12.2. The molecule has 13 heteroatoms. The zero-order valence-electron chi connectivity index (χ0n) is 19.3. The number of hydrogen-bond acceptors (Lipinski definition) is 11. The highest BCUT2D eigenvalue weighted by Crippen LogP contribution is 2.43. The van der Waals surface area contributed by atoms with Gasteiger partial charge in [-0.25, -0.2) is 28.4 Å². The molecule has 2 aromatic rings. The van der Waals surface area contributed by atoms with E-state index in [-0.39, 0.29) is 11.7 Å². The normalized spacial score (nSPS) is 22.1. The molecule has 0 radical (unpaired) electrons. The van der Waals surface area contributed by atoms with Crippen LogP contribution in [-0.4, -0.2) is 108 Å². The Labute approximate surface area is 204 Å². The van der Waals surface area contributed by atoms with Gasteiger partial charge in [-0.15, -0.1) is 11.8 Å². The molecule has 34 heavy (non-hydrogen) atoms. The van der Waals surface area contributed by atoms with Gasteiger partial charge in [0.15, 0.2) is 5.82 Å². The van der Waals surface area contributed by atoms with Crippen LogP contribution in [0.5, 0.6) is 0 Å². The van der Waals surface area contributed by atoms with Crippen molar-refractivity contribution >= 4 is 33.6 Å². The Hall–Kier alpha value is -2.06. The molecule has 3 aliphatic rings. The predicted molar refractivity (Wildman–Crippen MR) is 131 cm³/mol. The molecule has 3 aliphatic heterocycles. The van der Waals surface area contributed by atoms with Gasteiger partial charge in [0.05, 0.1) is 35.1 Å². The summed E-state index contributed by atoms with van der Waals surface area (Å²) < 4.78 is 31.5. The minimum Gasteiger partial charge on any atom is -0.378 e. The van der Waals surface area contributed by atoms with Crippen LogP contribution in [-0.2, 0) is 21.2 Å². The van der Waals surface area contributed by atoms with E-state index < -0.39 is 10.0 Å². The van der Waals surface area contributed by atoms with Crippen molar-refractivity contribution in [3.05, 3.63) is 18.1 Å². The molecule has 0 aliphatic carbocycles. The molecule has 5 heterocycles. The summed E-state index contributed by atoms with van der Waals surface area (Å²) in [6, 6.07) is 0. The molecular formula is C21H30N8O3S2. The molecule has 0 spiro atoms. The third kappa shape index (κ3) is 4.98. The van der Waals surface area contributed by atoms with E-state index in [2.05, 4.69) is 19.8 Å². The van der Waals surface area contributed by atoms with E-state index in [9.17, 15) is 8.42 Å². The molecule has 1 atom stereocenters. The molecule has 0 aromatic carbocycles. The van der Waals surface area contributed by atoms with Gasteiger partial charge >= 0.3 is 0 Å². The third-order valence-corrected chi connectivity index (χ3v) is 9.60. The molecule has 2 aromatic heterocycles. The van der Waals surface area contributed by atoms with Gasteiger partial charge in [0, 0.05) is 69.9 Å². The number of hydrogen-bond donors (Lipinski definition) is 1. The summed E-state index contributed by atoms with van der Waals surface area (Å²) in [5.41, 5.74) is 7.45. The average Bonchev–Trinajstić information content (AvgIpc) is 3.27. The lowest BCUT2D eigenvalue weighted by atomic mass is 10.2. The van der Waals surface area contributed by atoms with Crippen LogP contribution in [0.4, 0.5) is 11.8 Å². The predicted octanol–water partition coefficient (Wildman–Crippen LogP) is 0.337. The van der Waals surface area contributed by atoms with E-state index >= 15 is 0 Å². The molecule has 0 saturated carbocycles. The Morgan fingerprint density at radius 1 is 1.09 bits per heavy atom. The molecule has 2 N–H and O–H groups in total. The first-order valence-corrected chi connectivity index (χ1v) is 14.1. The smallest absolute Gasteiger partial charge is 0.219 e. The molecule has 2 fully saturated rings. The number of anilines is 2. The van der Waals surface area contributed by atoms with Crippen LogP contribution in [0.3, 0.4) is 0 Å². The first-order valence-electron chi connectivity index (χ1n) is 11.6. The van der Waals surface area contributed by atoms with E-state index in [1.165, 1.54) is 0 Å². The molecule has 2 saturated heterocycles. The van der Waals surface area contributed by atoms with Gasteiger partial charge in [0.1, 0.15) is 5.82 Å². The van der Waals surface area contributed by atoms with E-state index in [0.717, 1.165) is 61.1 Å². The SMILES string of the molecule is CCS(=O)(=O)N1CCN(CC2Cc3nc(-c4cnc(N)nc4)nc(N4CCOCC4)c3S2)CC1. The van der Waals surface area contributed by atoms with Crippen molar-refractivity contribution in [2.75, 3.05) is 75.4 Å². The number of rotatable bonds is 6. The van der Waals surface area contributed by atoms with Crippen molar-refractivity contribution in [1.82, 2.24) is 29.1 Å². The Morgan fingerprint density at radius 2 is 1.79 bits per heavy atom. The number of morpholine rings is 1. The van der Waals surface area contributed by atoms with Crippen LogP contribution < -0.4 is 10.6 Å². The van der Waals surface area contributed by atoms with E-state index in [4.69, 9.17) is 20.4 Å². The lowest BCUT2D eigenvalue weighted by molar-refractivity contribution is 0.122. The minimum absolute atomic E-state index is 0.158. The zero-order valence-corrected chi connectivity index (χ0v) is 20.9. The van der Waals surface area contributed by atoms with Gasteiger partial charge in [0.2, 0.25) is 16.0 Å². The third-order valence-electron chi connectivity index (χ3n) is 6.42. The van der Waals surface area contributed by atoms with Crippen LogP contribution in [0, 0.1) is 0 Å². The second-order valence-electron chi connectivity index (χ2n) is 8.62. The maximum atomic E-state index is 12.2. The largest absolute Gasteiger partial charge is 0.378 e. The fourth-order valence-electron chi connectivity index (χ4n) is 4.50. The van der Waals surface area contributed by atoms with Gasteiger partial charge in [-0.1, -0.05) is 0 Å². The summed E-state index contributed by atoms with van der Waals surface area (Å²) in [7, 11) is -3.12. The topological polar surface area (TPSA) is 131 Å². The van der Waals surface area contributed by atoms with Gasteiger partial charge in [-0.05, 0) is 6.92 Å². The van der Waals surface area contributed by atoms with Crippen molar-refractivity contribution in [2.24, 2.45) is 0 Å². The van der Waals surface area contributed by atoms with Crippen LogP contribution >= 0.6 is 11.8 Å². The maximum Gasteiger partial charge on any atom is 0.219 e. The highest BCUT2D eigenvalue weighted by molar-refractivity contribution is 8.00. The number of aromatic nitrogens is 4. The average molecular weight is 507 g/mol. The first kappa shape index (κ1) is 23.7. The molecule has 1 unspecified atom stereocenters. The fourth-order valence-corrected chi connectivity index (χ4v) is 6.99. The van der Waals surface area contributed by atoms with Crippen LogP contribution in [0.2, 0.25) is 0 Å². The summed E-state index contributed by atoms with van der Waals surface area (Å²) in [6.45, 7) is 8.15. The standard InChI is InChI=1S/C21H30N8O3S2/c1-2-34(30,31)29-5-3-27(4-6-29)14-16-11-17-18(33-16)20(28-7-9-32-10-8-28)26-19(25-17)15-12-23-21(22)24-13-15/h12-13,16H,2-11,14H2,1H3,(H2,22,23,24). The number of piperazine rings is 1. The first-order chi connectivity index (χ1) is 16.4. The number of nitrogens with zero attached hydrogens (tertiary/aromatic N) is 7. The van der Waals surface area contributed by atoms with Gasteiger partial charge in [0.25, 0.3) is 0 Å². The zero-order chi connectivity index (χ0) is 23.7. The number of nitrogens with two attached hydrogens (primary N) is 1. The highest BCUT2D eigenvalue weighted by atomic mass is 32.2. The van der Waals surface area contributed by atoms with E-state index in [1.54, 1.807) is 23.6 Å². The Balaban J connectivity index is 1.34. The number of ether oxygens (including phenoxy) is 1. The van der Waals surface area contributed by atoms with Crippen molar-refractivity contribution in [3.8, 4) is 11.4 Å².